The van der Waals surface area contributed by atoms with E-state index in [0.717, 1.165) is 0 Å². The molecule has 0 aromatic rings. The topological polar surface area (TPSA) is 51.2 Å². The molecule has 1 aliphatic rings. The maximum atomic E-state index is 11.3. The number of hydrogen-bond acceptors (Lipinski definition) is 3. The molecule has 0 aliphatic carbocycles. The Morgan fingerprint density at radius 3 is 2.00 bits per heavy atom. The molecule has 1 fully saturated rings. The fourth-order valence-electron chi connectivity index (χ4n) is 1.36. The van der Waals surface area contributed by atoms with Gasteiger partial charge in [0.05, 0.1) is 5.75 Å². The molecule has 1 atom stereocenters. The first-order valence-electron chi connectivity index (χ1n) is 3.55. The lowest BCUT2D eigenvalue weighted by atomic mass is 9.99. The van der Waals surface area contributed by atoms with E-state index < -0.39 is 14.6 Å². The van der Waals surface area contributed by atoms with E-state index in [1.165, 1.54) is 13.8 Å². The predicted molar refractivity (Wildman–Crippen MR) is 42.0 cm³/mol. The summed E-state index contributed by atoms with van der Waals surface area (Å²) in [7, 11) is -3.17. The van der Waals surface area contributed by atoms with Crippen LogP contribution in [0.15, 0.2) is 0 Å². The summed E-state index contributed by atoms with van der Waals surface area (Å²) in [6, 6.07) is 0. The minimum Gasteiger partial charge on any atom is -0.298 e. The zero-order valence-corrected chi connectivity index (χ0v) is 7.73. The lowest BCUT2D eigenvalue weighted by Gasteiger charge is -2.13. The smallest absolute Gasteiger partial charge is 0.163 e. The molecular formula is C7H12O3S. The molecule has 64 valence electrons. The molecule has 0 aromatic heterocycles. The van der Waals surface area contributed by atoms with Crippen LogP contribution in [-0.2, 0) is 14.6 Å². The Balaban J connectivity index is 3.23. The van der Waals surface area contributed by atoms with Gasteiger partial charge >= 0.3 is 0 Å². The lowest BCUT2D eigenvalue weighted by molar-refractivity contribution is -0.122. The molecule has 11 heavy (non-hydrogen) atoms. The van der Waals surface area contributed by atoms with Gasteiger partial charge in [0, 0.05) is 5.92 Å². The Hall–Kier alpha value is -0.380. The molecule has 1 aliphatic heterocycles. The van der Waals surface area contributed by atoms with Gasteiger partial charge in [0.15, 0.2) is 15.6 Å². The molecule has 0 radical (unpaired) electrons. The number of Topliss-reactive ketones (excluding diaryl/α,β-unsaturated/α-hetero) is 1. The zero-order chi connectivity index (χ0) is 8.86. The number of carbonyl (C=O) groups is 1. The summed E-state index contributed by atoms with van der Waals surface area (Å²) in [5, 5.41) is 0. The van der Waals surface area contributed by atoms with E-state index in [1.54, 1.807) is 6.92 Å². The van der Waals surface area contributed by atoms with E-state index in [1.807, 2.05) is 0 Å². The van der Waals surface area contributed by atoms with E-state index in [9.17, 15) is 13.2 Å². The van der Waals surface area contributed by atoms with E-state index in [4.69, 9.17) is 0 Å². The molecular weight excluding hydrogens is 164 g/mol. The molecule has 1 heterocycles. The molecule has 0 bridgehead atoms. The van der Waals surface area contributed by atoms with Crippen molar-refractivity contribution in [2.45, 2.75) is 25.5 Å². The van der Waals surface area contributed by atoms with Gasteiger partial charge in [-0.15, -0.1) is 0 Å². The first-order valence-corrected chi connectivity index (χ1v) is 5.21. The van der Waals surface area contributed by atoms with Gasteiger partial charge in [-0.25, -0.2) is 8.42 Å². The van der Waals surface area contributed by atoms with Crippen LogP contribution >= 0.6 is 0 Å². The van der Waals surface area contributed by atoms with Crippen LogP contribution in [0, 0.1) is 5.92 Å². The van der Waals surface area contributed by atoms with Crippen LogP contribution in [0.5, 0.6) is 0 Å². The molecule has 1 rings (SSSR count). The highest BCUT2D eigenvalue weighted by molar-refractivity contribution is 7.94. The fourth-order valence-corrected chi connectivity index (χ4v) is 3.09. The van der Waals surface area contributed by atoms with Gasteiger partial charge in [-0.05, 0) is 13.8 Å². The third-order valence-electron chi connectivity index (χ3n) is 2.29. The van der Waals surface area contributed by atoms with E-state index in [2.05, 4.69) is 0 Å². The van der Waals surface area contributed by atoms with E-state index in [0.29, 0.717) is 0 Å². The van der Waals surface area contributed by atoms with Gasteiger partial charge in [0.1, 0.15) is 4.75 Å². The highest BCUT2D eigenvalue weighted by atomic mass is 32.2. The minimum absolute atomic E-state index is 0.0127. The number of sulfone groups is 1. The molecule has 0 saturated carbocycles. The molecule has 3 nitrogen and oxygen atoms in total. The van der Waals surface area contributed by atoms with Gasteiger partial charge < -0.3 is 0 Å². The third-order valence-corrected chi connectivity index (χ3v) is 4.98. The maximum absolute atomic E-state index is 11.3. The number of rotatable bonds is 0. The summed E-state index contributed by atoms with van der Waals surface area (Å²) in [5.41, 5.74) is 0. The number of hydrogen-bond donors (Lipinski definition) is 0. The van der Waals surface area contributed by atoms with Crippen molar-refractivity contribution in [3.63, 3.8) is 0 Å². The Morgan fingerprint density at radius 1 is 1.45 bits per heavy atom. The summed E-state index contributed by atoms with van der Waals surface area (Å²) >= 11 is 0. The van der Waals surface area contributed by atoms with Gasteiger partial charge in [0.2, 0.25) is 0 Å². The maximum Gasteiger partial charge on any atom is 0.163 e. The second-order valence-electron chi connectivity index (χ2n) is 3.56. The van der Waals surface area contributed by atoms with Crippen molar-refractivity contribution >= 4 is 15.6 Å². The standard InChI is InChI=1S/C7H12O3S/c1-5-4-11(9,10)7(2,3)6(5)8/h5H,4H2,1-3H3. The average molecular weight is 176 g/mol. The predicted octanol–water partition coefficient (Wildman–Crippen LogP) is 0.399. The highest BCUT2D eigenvalue weighted by Gasteiger charge is 2.50. The van der Waals surface area contributed by atoms with Crippen LogP contribution in [0.4, 0.5) is 0 Å². The molecule has 1 saturated heterocycles. The van der Waals surface area contributed by atoms with Crippen molar-refractivity contribution in [1.29, 1.82) is 0 Å². The summed E-state index contributed by atoms with van der Waals surface area (Å²) in [6.07, 6.45) is 0. The third kappa shape index (κ3) is 1.00. The van der Waals surface area contributed by atoms with Crippen LogP contribution in [0.3, 0.4) is 0 Å². The molecule has 0 N–H and O–H groups in total. The van der Waals surface area contributed by atoms with Crippen molar-refractivity contribution in [3.05, 3.63) is 0 Å². The van der Waals surface area contributed by atoms with Crippen molar-refractivity contribution in [2.24, 2.45) is 5.92 Å². The summed E-state index contributed by atoms with van der Waals surface area (Å²) in [5.74, 6) is -0.466. The number of ketones is 1. The largest absolute Gasteiger partial charge is 0.298 e. The number of carbonyl (C=O) groups excluding carboxylic acids is 1. The Morgan fingerprint density at radius 2 is 1.91 bits per heavy atom. The molecule has 0 spiro atoms. The average Bonchev–Trinajstić information content (AvgIpc) is 1.93. The second-order valence-corrected chi connectivity index (χ2v) is 6.14. The first-order chi connectivity index (χ1) is 4.79. The van der Waals surface area contributed by atoms with Crippen molar-refractivity contribution in [2.75, 3.05) is 5.75 Å². The molecule has 0 amide bonds. The lowest BCUT2D eigenvalue weighted by Crippen LogP contribution is -2.34. The first kappa shape index (κ1) is 8.71. The summed E-state index contributed by atoms with van der Waals surface area (Å²) < 4.78 is 21.4. The van der Waals surface area contributed by atoms with Crippen LogP contribution in [0.2, 0.25) is 0 Å². The van der Waals surface area contributed by atoms with Crippen molar-refractivity contribution < 1.29 is 13.2 Å². The van der Waals surface area contributed by atoms with Crippen molar-refractivity contribution in [1.82, 2.24) is 0 Å². The van der Waals surface area contributed by atoms with E-state index >= 15 is 0 Å². The van der Waals surface area contributed by atoms with E-state index in [-0.39, 0.29) is 17.5 Å². The monoisotopic (exact) mass is 176 g/mol. The normalized spacial score (nSPS) is 34.1. The van der Waals surface area contributed by atoms with Gasteiger partial charge in [-0.2, -0.15) is 0 Å². The van der Waals surface area contributed by atoms with Gasteiger partial charge in [-0.1, -0.05) is 6.92 Å². The Kier molecular flexibility index (Phi) is 1.63. The minimum atomic E-state index is -3.17. The Labute approximate surface area is 66.7 Å². The fraction of sp³-hybridized carbons (Fsp3) is 0.857. The molecule has 1 unspecified atom stereocenters. The molecule has 0 aromatic carbocycles. The SMILES string of the molecule is CC1CS(=O)(=O)C(C)(C)C1=O. The van der Waals surface area contributed by atoms with Gasteiger partial charge in [-0.3, -0.25) is 4.79 Å². The second kappa shape index (κ2) is 2.06. The van der Waals surface area contributed by atoms with Gasteiger partial charge in [0.25, 0.3) is 0 Å². The van der Waals surface area contributed by atoms with Crippen molar-refractivity contribution in [3.8, 4) is 0 Å². The van der Waals surface area contributed by atoms with Crippen LogP contribution in [0.1, 0.15) is 20.8 Å². The highest BCUT2D eigenvalue weighted by Crippen LogP contribution is 2.31. The van der Waals surface area contributed by atoms with Crippen LogP contribution < -0.4 is 0 Å². The van der Waals surface area contributed by atoms with Crippen LogP contribution in [0.25, 0.3) is 0 Å². The summed E-state index contributed by atoms with van der Waals surface area (Å²) in [4.78, 5) is 11.3. The van der Waals surface area contributed by atoms with Crippen LogP contribution in [-0.4, -0.2) is 24.7 Å². The zero-order valence-electron chi connectivity index (χ0n) is 6.92. The molecule has 4 heteroatoms. The summed E-state index contributed by atoms with van der Waals surface area (Å²) in [6.45, 7) is 4.62. The quantitative estimate of drug-likeness (QED) is 0.536. The Bertz CT molecular complexity index is 287.